The first-order valence-electron chi connectivity index (χ1n) is 5.32. The van der Waals surface area contributed by atoms with Gasteiger partial charge in [-0.2, -0.15) is 0 Å². The highest BCUT2D eigenvalue weighted by molar-refractivity contribution is 6.03. The van der Waals surface area contributed by atoms with Gasteiger partial charge in [0.25, 0.3) is 0 Å². The fraction of sp³-hybridized carbons (Fsp3) is 0.231. The lowest BCUT2D eigenvalue weighted by Gasteiger charge is -2.24. The lowest BCUT2D eigenvalue weighted by molar-refractivity contribution is -0.138. The molecule has 0 saturated carbocycles. The molecule has 0 aromatic heterocycles. The number of hydrogen-bond donors (Lipinski definition) is 2. The van der Waals surface area contributed by atoms with E-state index in [0.717, 1.165) is 11.3 Å². The number of aliphatic carboxylic acids is 1. The molecule has 0 radical (unpaired) electrons. The number of para-hydroxylation sites is 1. The van der Waals surface area contributed by atoms with E-state index in [1.54, 1.807) is 12.1 Å². The third-order valence-corrected chi connectivity index (χ3v) is 2.95. The Morgan fingerprint density at radius 1 is 1.35 bits per heavy atom. The van der Waals surface area contributed by atoms with Crippen LogP contribution in [0.4, 0.5) is 5.69 Å². The standard InChI is InChI=1S/C13H13NO3/c1-7-4-3-5-9-11(13(16)17)10(8(2)15)6-14-12(7)9/h3-6,11,14H,1-2H3,(H,16,17). The summed E-state index contributed by atoms with van der Waals surface area (Å²) in [6.07, 6.45) is 1.50. The lowest BCUT2D eigenvalue weighted by atomic mass is 9.85. The predicted molar refractivity (Wildman–Crippen MR) is 63.9 cm³/mol. The Balaban J connectivity index is 2.60. The van der Waals surface area contributed by atoms with E-state index >= 15 is 0 Å². The van der Waals surface area contributed by atoms with Crippen LogP contribution in [-0.4, -0.2) is 16.9 Å². The molecule has 1 aliphatic heterocycles. The minimum atomic E-state index is -1.00. The molecule has 88 valence electrons. The van der Waals surface area contributed by atoms with E-state index in [1.165, 1.54) is 13.1 Å². The van der Waals surface area contributed by atoms with Crippen molar-refractivity contribution in [1.29, 1.82) is 0 Å². The number of fused-ring (bicyclic) bond motifs is 1. The summed E-state index contributed by atoms with van der Waals surface area (Å²) in [7, 11) is 0. The van der Waals surface area contributed by atoms with Gasteiger partial charge in [-0.3, -0.25) is 9.59 Å². The zero-order valence-electron chi connectivity index (χ0n) is 9.65. The van der Waals surface area contributed by atoms with Crippen LogP contribution in [0.3, 0.4) is 0 Å². The SMILES string of the molecule is CC(=O)C1=CNc2c(C)cccc2C1C(=O)O. The maximum absolute atomic E-state index is 11.4. The highest BCUT2D eigenvalue weighted by Crippen LogP contribution is 2.36. The van der Waals surface area contributed by atoms with E-state index in [9.17, 15) is 14.7 Å². The van der Waals surface area contributed by atoms with Crippen molar-refractivity contribution in [3.8, 4) is 0 Å². The predicted octanol–water partition coefficient (Wildman–Crippen LogP) is 2.06. The summed E-state index contributed by atoms with van der Waals surface area (Å²) in [4.78, 5) is 22.8. The van der Waals surface area contributed by atoms with Gasteiger partial charge in [-0.1, -0.05) is 18.2 Å². The van der Waals surface area contributed by atoms with Gasteiger partial charge < -0.3 is 10.4 Å². The Morgan fingerprint density at radius 3 is 2.65 bits per heavy atom. The van der Waals surface area contributed by atoms with Crippen LogP contribution in [0.5, 0.6) is 0 Å². The molecule has 0 fully saturated rings. The number of hydrogen-bond acceptors (Lipinski definition) is 3. The van der Waals surface area contributed by atoms with Crippen molar-refractivity contribution in [2.24, 2.45) is 0 Å². The van der Waals surface area contributed by atoms with Crippen LogP contribution in [0.1, 0.15) is 24.0 Å². The minimum absolute atomic E-state index is 0.225. The van der Waals surface area contributed by atoms with Gasteiger partial charge in [-0.15, -0.1) is 0 Å². The van der Waals surface area contributed by atoms with Crippen LogP contribution in [0, 0.1) is 6.92 Å². The molecule has 2 N–H and O–H groups in total. The van der Waals surface area contributed by atoms with Gasteiger partial charge >= 0.3 is 5.97 Å². The fourth-order valence-corrected chi connectivity index (χ4v) is 2.10. The molecule has 1 aromatic carbocycles. The highest BCUT2D eigenvalue weighted by atomic mass is 16.4. The van der Waals surface area contributed by atoms with Gasteiger partial charge in [-0.25, -0.2) is 0 Å². The molecule has 0 saturated heterocycles. The third kappa shape index (κ3) is 1.82. The lowest BCUT2D eigenvalue weighted by Crippen LogP contribution is -2.23. The zero-order valence-corrected chi connectivity index (χ0v) is 9.65. The molecule has 1 heterocycles. The number of carboxylic acids is 1. The molecule has 4 heteroatoms. The average Bonchev–Trinajstić information content (AvgIpc) is 2.27. The molecule has 1 atom stereocenters. The number of benzene rings is 1. The minimum Gasteiger partial charge on any atom is -0.481 e. The number of aryl methyl sites for hydroxylation is 1. The molecule has 17 heavy (non-hydrogen) atoms. The Hall–Kier alpha value is -2.10. The van der Waals surface area contributed by atoms with E-state index < -0.39 is 11.9 Å². The quantitative estimate of drug-likeness (QED) is 0.817. The van der Waals surface area contributed by atoms with E-state index in [2.05, 4.69) is 5.32 Å². The van der Waals surface area contributed by atoms with Crippen molar-refractivity contribution in [1.82, 2.24) is 0 Å². The summed E-state index contributed by atoms with van der Waals surface area (Å²) in [6, 6.07) is 5.44. The molecule has 0 bridgehead atoms. The van der Waals surface area contributed by atoms with E-state index in [4.69, 9.17) is 0 Å². The van der Waals surface area contributed by atoms with E-state index in [1.807, 2.05) is 13.0 Å². The van der Waals surface area contributed by atoms with Gasteiger partial charge in [0.1, 0.15) is 5.92 Å². The molecule has 0 aliphatic carbocycles. The number of carboxylic acid groups (broad SMARTS) is 1. The smallest absolute Gasteiger partial charge is 0.315 e. The number of rotatable bonds is 2. The van der Waals surface area contributed by atoms with E-state index in [-0.39, 0.29) is 11.4 Å². The molecule has 2 rings (SSSR count). The second-order valence-electron chi connectivity index (χ2n) is 4.11. The molecular formula is C13H13NO3. The van der Waals surface area contributed by atoms with E-state index in [0.29, 0.717) is 5.56 Å². The molecule has 1 aromatic rings. The summed E-state index contributed by atoms with van der Waals surface area (Å²) >= 11 is 0. The third-order valence-electron chi connectivity index (χ3n) is 2.95. The first kappa shape index (κ1) is 11.4. The van der Waals surface area contributed by atoms with Gasteiger partial charge in [0, 0.05) is 17.5 Å². The Labute approximate surface area is 99.0 Å². The van der Waals surface area contributed by atoms with Crippen molar-refractivity contribution in [3.05, 3.63) is 41.1 Å². The van der Waals surface area contributed by atoms with Gasteiger partial charge in [0.2, 0.25) is 0 Å². The summed E-state index contributed by atoms with van der Waals surface area (Å²) < 4.78 is 0. The van der Waals surface area contributed by atoms with Gasteiger partial charge in [0.05, 0.1) is 0 Å². The number of nitrogens with one attached hydrogen (secondary N) is 1. The number of carbonyl (C=O) groups excluding carboxylic acids is 1. The van der Waals surface area contributed by atoms with Crippen molar-refractivity contribution in [2.75, 3.05) is 5.32 Å². The Kier molecular flexibility index (Phi) is 2.71. The normalized spacial score (nSPS) is 17.8. The van der Waals surface area contributed by atoms with Crippen LogP contribution in [0.25, 0.3) is 0 Å². The van der Waals surface area contributed by atoms with Gasteiger partial charge in [-0.05, 0) is 25.0 Å². The van der Waals surface area contributed by atoms with Crippen LogP contribution < -0.4 is 5.32 Å². The number of carbonyl (C=O) groups is 2. The highest BCUT2D eigenvalue weighted by Gasteiger charge is 2.32. The van der Waals surface area contributed by atoms with Crippen LogP contribution >= 0.6 is 0 Å². The second-order valence-corrected chi connectivity index (χ2v) is 4.11. The summed E-state index contributed by atoms with van der Waals surface area (Å²) in [5, 5.41) is 12.3. The first-order valence-corrected chi connectivity index (χ1v) is 5.32. The molecule has 1 aliphatic rings. The summed E-state index contributed by atoms with van der Waals surface area (Å²) in [5.41, 5.74) is 2.68. The maximum atomic E-state index is 11.4. The van der Waals surface area contributed by atoms with Crippen LogP contribution in [-0.2, 0) is 9.59 Å². The van der Waals surface area contributed by atoms with Gasteiger partial charge in [0.15, 0.2) is 5.78 Å². The first-order chi connectivity index (χ1) is 8.02. The van der Waals surface area contributed by atoms with Crippen molar-refractivity contribution in [2.45, 2.75) is 19.8 Å². The number of anilines is 1. The van der Waals surface area contributed by atoms with Crippen LogP contribution in [0.2, 0.25) is 0 Å². The molecule has 4 nitrogen and oxygen atoms in total. The van der Waals surface area contributed by atoms with Crippen molar-refractivity contribution in [3.63, 3.8) is 0 Å². The summed E-state index contributed by atoms with van der Waals surface area (Å²) in [6.45, 7) is 3.28. The van der Waals surface area contributed by atoms with Crippen molar-refractivity contribution < 1.29 is 14.7 Å². The number of Topliss-reactive ketones (excluding diaryl/α,β-unsaturated/α-hetero) is 1. The Bertz CT molecular complexity index is 531. The topological polar surface area (TPSA) is 66.4 Å². The molecule has 0 spiro atoms. The zero-order chi connectivity index (χ0) is 12.6. The molecular weight excluding hydrogens is 218 g/mol. The fourth-order valence-electron chi connectivity index (χ4n) is 2.10. The van der Waals surface area contributed by atoms with Crippen molar-refractivity contribution >= 4 is 17.4 Å². The summed E-state index contributed by atoms with van der Waals surface area (Å²) in [5.74, 6) is -2.10. The largest absolute Gasteiger partial charge is 0.481 e. The molecule has 0 amide bonds. The second kappa shape index (κ2) is 4.05. The average molecular weight is 231 g/mol. The maximum Gasteiger partial charge on any atom is 0.315 e. The monoisotopic (exact) mass is 231 g/mol. The molecule has 1 unspecified atom stereocenters. The Morgan fingerprint density at radius 2 is 2.06 bits per heavy atom. The number of ketones is 1. The van der Waals surface area contributed by atoms with Crippen LogP contribution in [0.15, 0.2) is 30.0 Å².